The molecule has 198 valence electrons. The minimum atomic E-state index is 0.413. The van der Waals surface area contributed by atoms with Crippen LogP contribution in [0.5, 0.6) is 0 Å². The van der Waals surface area contributed by atoms with Gasteiger partial charge < -0.3 is 4.90 Å². The Hall–Kier alpha value is -1.47. The summed E-state index contributed by atoms with van der Waals surface area (Å²) in [7, 11) is 0. The molecule has 0 N–H and O–H groups in total. The van der Waals surface area contributed by atoms with Crippen LogP contribution in [-0.4, -0.2) is 13.1 Å². The van der Waals surface area contributed by atoms with Gasteiger partial charge in [0.05, 0.1) is 0 Å². The molecule has 1 heterocycles. The van der Waals surface area contributed by atoms with Crippen molar-refractivity contribution in [1.29, 1.82) is 0 Å². The molecule has 1 saturated carbocycles. The number of nitrogens with zero attached hydrogens (tertiary/aromatic N) is 1. The summed E-state index contributed by atoms with van der Waals surface area (Å²) in [6, 6.07) is 7.47. The minimum Gasteiger partial charge on any atom is -0.370 e. The van der Waals surface area contributed by atoms with Crippen molar-refractivity contribution < 1.29 is 0 Å². The summed E-state index contributed by atoms with van der Waals surface area (Å²) in [6.45, 7) is 15.8. The van der Waals surface area contributed by atoms with E-state index in [0.29, 0.717) is 11.3 Å². The van der Waals surface area contributed by atoms with E-state index in [2.05, 4.69) is 69.5 Å². The average molecular weight is 508 g/mol. The fourth-order valence-corrected chi connectivity index (χ4v) is 6.99. The topological polar surface area (TPSA) is 3.24 Å². The van der Waals surface area contributed by atoms with E-state index in [4.69, 9.17) is 11.6 Å². The Morgan fingerprint density at radius 3 is 2.56 bits per heavy atom. The number of halogens is 1. The second-order valence-electron chi connectivity index (χ2n) is 13.0. The van der Waals surface area contributed by atoms with Crippen molar-refractivity contribution >= 4 is 17.3 Å². The number of rotatable bonds is 10. The van der Waals surface area contributed by atoms with Gasteiger partial charge in [-0.25, -0.2) is 0 Å². The predicted molar refractivity (Wildman–Crippen MR) is 159 cm³/mol. The third kappa shape index (κ3) is 7.09. The normalized spacial score (nSPS) is 24.6. The van der Waals surface area contributed by atoms with E-state index in [9.17, 15) is 0 Å². The Kier molecular flexibility index (Phi) is 9.48. The van der Waals surface area contributed by atoms with E-state index in [1.165, 1.54) is 82.1 Å². The van der Waals surface area contributed by atoms with Crippen LogP contribution in [0.3, 0.4) is 0 Å². The summed E-state index contributed by atoms with van der Waals surface area (Å²) in [6.07, 6.45) is 19.1. The molecule has 2 aliphatic carbocycles. The number of benzene rings is 1. The molecule has 1 aromatic rings. The van der Waals surface area contributed by atoms with Gasteiger partial charge in [-0.15, -0.1) is 6.58 Å². The highest BCUT2D eigenvalue weighted by Gasteiger charge is 2.34. The van der Waals surface area contributed by atoms with Gasteiger partial charge in [-0.3, -0.25) is 0 Å². The molecule has 2 heteroatoms. The van der Waals surface area contributed by atoms with Gasteiger partial charge >= 0.3 is 0 Å². The van der Waals surface area contributed by atoms with E-state index < -0.39 is 0 Å². The molecule has 1 aliphatic heterocycles. The van der Waals surface area contributed by atoms with E-state index in [0.717, 1.165) is 36.1 Å². The van der Waals surface area contributed by atoms with Crippen molar-refractivity contribution in [2.75, 3.05) is 18.0 Å². The molecule has 0 radical (unpaired) electrons. The number of allylic oxidation sites excluding steroid dienone is 4. The van der Waals surface area contributed by atoms with Crippen molar-refractivity contribution in [3.63, 3.8) is 0 Å². The zero-order chi connectivity index (χ0) is 25.7. The number of hydrogen-bond donors (Lipinski definition) is 0. The number of hydrogen-bond acceptors (Lipinski definition) is 1. The smallest absolute Gasteiger partial charge is 0.0401 e. The molecule has 1 aromatic carbocycles. The first-order chi connectivity index (χ1) is 17.3. The summed E-state index contributed by atoms with van der Waals surface area (Å²) < 4.78 is 0. The van der Waals surface area contributed by atoms with Crippen molar-refractivity contribution in [3.05, 3.63) is 64.2 Å². The lowest BCUT2D eigenvalue weighted by molar-refractivity contribution is 0.182. The first-order valence-corrected chi connectivity index (χ1v) is 15.2. The van der Waals surface area contributed by atoms with Crippen molar-refractivity contribution in [2.45, 2.75) is 105 Å². The van der Waals surface area contributed by atoms with Crippen LogP contribution in [0.4, 0.5) is 5.69 Å². The second kappa shape index (κ2) is 12.4. The molecule has 36 heavy (non-hydrogen) atoms. The fraction of sp³-hybridized carbons (Fsp3) is 0.647. The maximum absolute atomic E-state index is 6.52. The van der Waals surface area contributed by atoms with Crippen LogP contribution < -0.4 is 4.90 Å². The molecule has 3 unspecified atom stereocenters. The molecule has 0 amide bonds. The van der Waals surface area contributed by atoms with Gasteiger partial charge in [-0.05, 0) is 123 Å². The van der Waals surface area contributed by atoms with Gasteiger partial charge in [0.25, 0.3) is 0 Å². The molecular weight excluding hydrogens is 458 g/mol. The van der Waals surface area contributed by atoms with Gasteiger partial charge in [-0.2, -0.15) is 0 Å². The highest BCUT2D eigenvalue weighted by molar-refractivity contribution is 6.29. The number of aryl methyl sites for hydroxylation is 2. The van der Waals surface area contributed by atoms with Crippen LogP contribution in [0.2, 0.25) is 0 Å². The van der Waals surface area contributed by atoms with Crippen molar-refractivity contribution in [1.82, 2.24) is 0 Å². The van der Waals surface area contributed by atoms with Crippen LogP contribution in [0, 0.1) is 23.2 Å². The van der Waals surface area contributed by atoms with E-state index in [-0.39, 0.29) is 0 Å². The Bertz CT molecular complexity index is 962. The molecule has 4 rings (SSSR count). The first-order valence-electron chi connectivity index (χ1n) is 14.8. The summed E-state index contributed by atoms with van der Waals surface area (Å²) >= 11 is 6.52. The SMILES string of the molecule is C=CCC1CCC1CN1CC(C2=C(CCC)C=C(Cl)CC2)CCc2ccc(CCCC(C)(C)C)cc21. The Balaban J connectivity index is 1.60. The summed E-state index contributed by atoms with van der Waals surface area (Å²) in [4.78, 5) is 2.82. The highest BCUT2D eigenvalue weighted by Crippen LogP contribution is 2.42. The zero-order valence-corrected chi connectivity index (χ0v) is 24.3. The van der Waals surface area contributed by atoms with Crippen LogP contribution in [0.15, 0.2) is 53.1 Å². The lowest BCUT2D eigenvalue weighted by Crippen LogP contribution is -2.40. The monoisotopic (exact) mass is 507 g/mol. The largest absolute Gasteiger partial charge is 0.370 e. The standard InChI is InChI=1S/C34H50ClN/c1-6-9-26-14-16-29(26)23-36-24-30(32-19-18-31(35)22-28(32)10-7-2)17-15-27-13-12-25(21-33(27)36)11-8-20-34(3,4)5/h6,12-13,21-22,26,29-30H,1,7-11,14-20,23-24H2,2-5H3. The number of fused-ring (bicyclic) bond motifs is 1. The van der Waals surface area contributed by atoms with Gasteiger partial charge in [0, 0.05) is 23.8 Å². The predicted octanol–water partition coefficient (Wildman–Crippen LogP) is 10.0. The van der Waals surface area contributed by atoms with Gasteiger partial charge in [0.2, 0.25) is 0 Å². The maximum Gasteiger partial charge on any atom is 0.0401 e. The van der Waals surface area contributed by atoms with E-state index >= 15 is 0 Å². The van der Waals surface area contributed by atoms with Gasteiger partial charge in [-0.1, -0.05) is 69.5 Å². The van der Waals surface area contributed by atoms with E-state index in [1.807, 2.05) is 0 Å². The molecule has 1 nitrogen and oxygen atoms in total. The van der Waals surface area contributed by atoms with Crippen LogP contribution in [-0.2, 0) is 12.8 Å². The quantitative estimate of drug-likeness (QED) is 0.284. The Morgan fingerprint density at radius 2 is 1.86 bits per heavy atom. The maximum atomic E-state index is 6.52. The molecular formula is C34H50ClN. The Labute approximate surface area is 227 Å². The molecule has 0 spiro atoms. The summed E-state index contributed by atoms with van der Waals surface area (Å²) in [5, 5.41) is 1.05. The average Bonchev–Trinajstić information content (AvgIpc) is 2.99. The lowest BCUT2D eigenvalue weighted by atomic mass is 9.71. The third-order valence-electron chi connectivity index (χ3n) is 8.97. The zero-order valence-electron chi connectivity index (χ0n) is 23.6. The second-order valence-corrected chi connectivity index (χ2v) is 13.5. The fourth-order valence-electron chi connectivity index (χ4n) is 6.76. The highest BCUT2D eigenvalue weighted by atomic mass is 35.5. The molecule has 0 aromatic heterocycles. The van der Waals surface area contributed by atoms with Crippen LogP contribution >= 0.6 is 11.6 Å². The minimum absolute atomic E-state index is 0.413. The molecule has 0 saturated heterocycles. The van der Waals surface area contributed by atoms with E-state index in [1.54, 1.807) is 16.7 Å². The molecule has 3 aliphatic rings. The lowest BCUT2D eigenvalue weighted by Gasteiger charge is -2.41. The molecule has 0 bridgehead atoms. The first kappa shape index (κ1) is 27.6. The van der Waals surface area contributed by atoms with Crippen molar-refractivity contribution in [2.24, 2.45) is 23.2 Å². The van der Waals surface area contributed by atoms with Gasteiger partial charge in [0.1, 0.15) is 0 Å². The Morgan fingerprint density at radius 1 is 1.06 bits per heavy atom. The third-order valence-corrected chi connectivity index (χ3v) is 9.27. The van der Waals surface area contributed by atoms with Gasteiger partial charge in [0.15, 0.2) is 0 Å². The van der Waals surface area contributed by atoms with Crippen LogP contribution in [0.25, 0.3) is 0 Å². The summed E-state index contributed by atoms with van der Waals surface area (Å²) in [5.41, 5.74) is 8.30. The van der Waals surface area contributed by atoms with Crippen molar-refractivity contribution in [3.8, 4) is 0 Å². The summed E-state index contributed by atoms with van der Waals surface area (Å²) in [5.74, 6) is 2.28. The molecule has 1 fully saturated rings. The molecule has 3 atom stereocenters. The number of anilines is 1. The van der Waals surface area contributed by atoms with Crippen LogP contribution in [0.1, 0.15) is 103 Å².